The number of hydrogen-bond acceptors (Lipinski definition) is 6. The van der Waals surface area contributed by atoms with Gasteiger partial charge in [-0.25, -0.2) is 0 Å². The summed E-state index contributed by atoms with van der Waals surface area (Å²) in [5, 5.41) is 7.33. The van der Waals surface area contributed by atoms with E-state index in [1.807, 2.05) is 34.8 Å². The largest absolute Gasteiger partial charge is 0.455 e. The van der Waals surface area contributed by atoms with Crippen molar-refractivity contribution in [1.82, 2.24) is 0 Å². The summed E-state index contributed by atoms with van der Waals surface area (Å²) in [6.45, 7) is 0. The van der Waals surface area contributed by atoms with Gasteiger partial charge in [-0.05, 0) is 171 Å². The second-order valence-corrected chi connectivity index (χ2v) is 26.4. The van der Waals surface area contributed by atoms with E-state index in [0.29, 0.717) is 0 Å². The highest BCUT2D eigenvalue weighted by atomic mass is 32.1. The summed E-state index contributed by atoms with van der Waals surface area (Å²) in [4.78, 5) is 7.16. The van der Waals surface area contributed by atoms with Crippen molar-refractivity contribution in [2.45, 2.75) is 0 Å². The quantitative estimate of drug-likeness (QED) is 0.108. The molecule has 0 radical (unpaired) electrons. The van der Waals surface area contributed by atoms with E-state index in [4.69, 9.17) is 4.42 Å². The van der Waals surface area contributed by atoms with Crippen LogP contribution >= 0.6 is 22.7 Å². The molecule has 3 aromatic heterocycles. The Labute approximate surface area is 565 Å². The average molecular weight is 1260 g/mol. The Hall–Kier alpha value is -12.1. The maximum atomic E-state index is 6.49. The Bertz CT molecular complexity index is 5860. The second-order valence-electron chi connectivity index (χ2n) is 24.3. The molecule has 0 spiro atoms. The lowest BCUT2D eigenvalue weighted by molar-refractivity contribution is 0.670. The predicted molar refractivity (Wildman–Crippen MR) is 411 cm³/mol. The van der Waals surface area contributed by atoms with Gasteiger partial charge in [-0.15, -0.1) is 22.7 Å². The van der Waals surface area contributed by atoms with Crippen LogP contribution in [0.25, 0.3) is 118 Å². The third-order valence-corrected chi connectivity index (χ3v) is 21.1. The summed E-state index contributed by atoms with van der Waals surface area (Å²) >= 11 is 3.72. The lowest BCUT2D eigenvalue weighted by atomic mass is 9.95. The molecule has 0 aliphatic rings. The molecular weight excluding hydrogens is 1200 g/mol. The summed E-state index contributed by atoms with van der Waals surface area (Å²) in [6, 6.07) is 130. The molecule has 6 heteroatoms. The van der Waals surface area contributed by atoms with Crippen LogP contribution in [0.5, 0.6) is 0 Å². The zero-order chi connectivity index (χ0) is 63.5. The fourth-order valence-electron chi connectivity index (χ4n) is 14.1. The summed E-state index contributed by atoms with van der Waals surface area (Å²) in [5.74, 6) is 0. The van der Waals surface area contributed by atoms with Crippen molar-refractivity contribution in [2.75, 3.05) is 14.7 Å². The molecule has 0 aliphatic carbocycles. The first-order valence-electron chi connectivity index (χ1n) is 32.5. The third-order valence-electron chi connectivity index (χ3n) is 18.7. The molecule has 15 aromatic carbocycles. The number of rotatable bonds is 14. The first-order chi connectivity index (χ1) is 47.6. The van der Waals surface area contributed by atoms with Crippen LogP contribution in [-0.4, -0.2) is 0 Å². The van der Waals surface area contributed by atoms with Crippen LogP contribution in [0.2, 0.25) is 0 Å². The molecule has 0 saturated carbocycles. The highest BCUT2D eigenvalue weighted by Crippen LogP contribution is 2.50. The lowest BCUT2D eigenvalue weighted by Crippen LogP contribution is -2.10. The van der Waals surface area contributed by atoms with Gasteiger partial charge in [0.1, 0.15) is 11.2 Å². The first kappa shape index (κ1) is 56.7. The number of para-hydroxylation sites is 4. The predicted octanol–water partition coefficient (Wildman–Crippen LogP) is 27.1. The monoisotopic (exact) mass is 1260 g/mol. The highest BCUT2D eigenvalue weighted by Gasteiger charge is 2.23. The van der Waals surface area contributed by atoms with Gasteiger partial charge in [-0.2, -0.15) is 0 Å². The van der Waals surface area contributed by atoms with E-state index < -0.39 is 0 Å². The molecule has 96 heavy (non-hydrogen) atoms. The number of nitrogens with zero attached hydrogens (tertiary/aromatic N) is 3. The van der Waals surface area contributed by atoms with Gasteiger partial charge in [0.25, 0.3) is 0 Å². The van der Waals surface area contributed by atoms with Crippen LogP contribution in [0, 0.1) is 0 Å². The van der Waals surface area contributed by atoms with Gasteiger partial charge in [0.15, 0.2) is 0 Å². The zero-order valence-electron chi connectivity index (χ0n) is 52.1. The van der Waals surface area contributed by atoms with Crippen LogP contribution < -0.4 is 14.7 Å². The van der Waals surface area contributed by atoms with Gasteiger partial charge in [0.2, 0.25) is 0 Å². The highest BCUT2D eigenvalue weighted by molar-refractivity contribution is 7.27. The molecule has 4 nitrogen and oxygen atoms in total. The topological polar surface area (TPSA) is 22.9 Å². The number of thiophene rings is 2. The van der Waals surface area contributed by atoms with Crippen LogP contribution in [0.1, 0.15) is 0 Å². The number of fused-ring (bicyclic) bond motifs is 9. The van der Waals surface area contributed by atoms with E-state index in [1.165, 1.54) is 68.3 Å². The van der Waals surface area contributed by atoms with E-state index >= 15 is 0 Å². The van der Waals surface area contributed by atoms with Crippen molar-refractivity contribution in [3.05, 3.63) is 358 Å². The minimum absolute atomic E-state index is 0.897. The zero-order valence-corrected chi connectivity index (χ0v) is 53.8. The van der Waals surface area contributed by atoms with E-state index in [0.717, 1.165) is 101 Å². The minimum Gasteiger partial charge on any atom is -0.455 e. The first-order valence-corrected chi connectivity index (χ1v) is 34.2. The summed E-state index contributed by atoms with van der Waals surface area (Å²) in [7, 11) is 0. The molecule has 0 amide bonds. The molecule has 0 unspecified atom stereocenters. The van der Waals surface area contributed by atoms with Crippen molar-refractivity contribution in [3.8, 4) is 55.6 Å². The molecule has 0 N–H and O–H groups in total. The SMILES string of the molecule is c1ccc(-c2ccc(N(c3ccc(-c4cccc(-c5cccc6sc7c(N(c8ccccc8)c8ccc(-c9ccc(N(c%10ccccc%10)c%10cccc%11c%10sc%10ccccc%10%11)cc9)cc8)cccc7c56)c4)cc3)c3ccc(-c4cccc5c4oc4ccccc45)cc3)cc2)cc1. The maximum absolute atomic E-state index is 6.49. The molecule has 0 fully saturated rings. The van der Waals surface area contributed by atoms with Crippen molar-refractivity contribution < 1.29 is 4.42 Å². The van der Waals surface area contributed by atoms with E-state index in [2.05, 4.69) is 360 Å². The van der Waals surface area contributed by atoms with Gasteiger partial charge < -0.3 is 19.1 Å². The van der Waals surface area contributed by atoms with E-state index in [9.17, 15) is 0 Å². The molecule has 0 saturated heterocycles. The minimum atomic E-state index is 0.897. The average Bonchev–Trinajstić information content (AvgIpc) is 1.59. The molecule has 18 rings (SSSR count). The third kappa shape index (κ3) is 10.2. The Morgan fingerprint density at radius 3 is 1.20 bits per heavy atom. The lowest BCUT2D eigenvalue weighted by Gasteiger charge is -2.27. The van der Waals surface area contributed by atoms with E-state index in [1.54, 1.807) is 0 Å². The van der Waals surface area contributed by atoms with Crippen molar-refractivity contribution in [1.29, 1.82) is 0 Å². The van der Waals surface area contributed by atoms with Gasteiger partial charge in [-0.3, -0.25) is 0 Å². The fraction of sp³-hybridized carbons (Fsp3) is 0. The molecule has 452 valence electrons. The molecule has 0 bridgehead atoms. The maximum Gasteiger partial charge on any atom is 0.143 e. The normalized spacial score (nSPS) is 11.5. The summed E-state index contributed by atoms with van der Waals surface area (Å²) in [5.41, 5.74) is 23.3. The van der Waals surface area contributed by atoms with Crippen LogP contribution in [0.4, 0.5) is 51.2 Å². The molecule has 0 atom stereocenters. The number of benzene rings is 15. The number of hydrogen-bond donors (Lipinski definition) is 0. The van der Waals surface area contributed by atoms with Crippen LogP contribution in [0.3, 0.4) is 0 Å². The molecule has 18 aromatic rings. The summed E-state index contributed by atoms with van der Waals surface area (Å²) < 4.78 is 11.5. The Kier molecular flexibility index (Phi) is 14.2. The standard InChI is InChI=1S/C90H59N3OS2/c1-4-19-60(20-5-1)61-39-49-70(50-40-61)91(72-57-47-65(48-58-72)76-30-15-31-79-77-27-10-12-36-84(77)94-88(76)79)71-51-45-64(46-52-71)66-21-14-22-67(59-66)75-29-18-38-86-87(75)81-33-17-35-83(90(81)96-86)93(69-25-8-3-9-26-69)74-55-43-63(44-56-74)62-41-53-73(54-42-62)92(68-23-6-2-7-24-68)82-34-16-32-80-78-28-11-13-37-85(78)95-89(80)82/h1-59H. The molecule has 3 heterocycles. The number of anilines is 9. The van der Waals surface area contributed by atoms with Crippen LogP contribution in [0.15, 0.2) is 362 Å². The van der Waals surface area contributed by atoms with E-state index in [-0.39, 0.29) is 0 Å². The smallest absolute Gasteiger partial charge is 0.143 e. The summed E-state index contributed by atoms with van der Waals surface area (Å²) in [6.07, 6.45) is 0. The Balaban J connectivity index is 0.655. The number of furan rings is 1. The van der Waals surface area contributed by atoms with Gasteiger partial charge >= 0.3 is 0 Å². The fourth-order valence-corrected chi connectivity index (χ4v) is 16.5. The van der Waals surface area contributed by atoms with Gasteiger partial charge in [-0.1, -0.05) is 237 Å². The van der Waals surface area contributed by atoms with Gasteiger partial charge in [0, 0.05) is 87.1 Å². The van der Waals surface area contributed by atoms with Gasteiger partial charge in [0.05, 0.1) is 20.8 Å². The van der Waals surface area contributed by atoms with Crippen molar-refractivity contribution >= 4 is 136 Å². The molecule has 0 aliphatic heterocycles. The van der Waals surface area contributed by atoms with Crippen LogP contribution in [-0.2, 0) is 0 Å². The second kappa shape index (κ2) is 24.1. The van der Waals surface area contributed by atoms with Crippen molar-refractivity contribution in [2.24, 2.45) is 0 Å². The molecular formula is C90H59N3OS2. The Morgan fingerprint density at radius 1 is 0.219 bits per heavy atom. The Morgan fingerprint density at radius 2 is 0.594 bits per heavy atom. The van der Waals surface area contributed by atoms with Crippen molar-refractivity contribution in [3.63, 3.8) is 0 Å².